The fraction of sp³-hybridized carbons (Fsp3) is 0.400. The van der Waals surface area contributed by atoms with Crippen molar-refractivity contribution in [2.75, 3.05) is 29.6 Å². The van der Waals surface area contributed by atoms with Crippen LogP contribution in [0.5, 0.6) is 0 Å². The smallest absolute Gasteiger partial charge is 0.343 e. The number of aromatic nitrogens is 2. The molecule has 4 heterocycles. The maximum absolute atomic E-state index is 12.9. The summed E-state index contributed by atoms with van der Waals surface area (Å²) in [6.45, 7) is 6.84. The quantitative estimate of drug-likeness (QED) is 0.223. The summed E-state index contributed by atoms with van der Waals surface area (Å²) < 4.78 is 55.1. The first-order chi connectivity index (χ1) is 25.5. The number of hydrogen-bond donors (Lipinski definition) is 1. The Morgan fingerprint density at radius 1 is 0.648 bits per heavy atom. The Balaban J connectivity index is 0.000000208. The van der Waals surface area contributed by atoms with E-state index in [9.17, 15) is 41.1 Å². The molecule has 2 fully saturated rings. The predicted octanol–water partition coefficient (Wildman–Crippen LogP) is 5.17. The molecule has 12 nitrogen and oxygen atoms in total. The minimum absolute atomic E-state index is 0.00311. The minimum Gasteiger partial charge on any atom is -0.477 e. The van der Waals surface area contributed by atoms with Gasteiger partial charge in [0.2, 0.25) is 10.9 Å². The number of carbonyl (C=O) groups is 2. The lowest BCUT2D eigenvalue weighted by Crippen LogP contribution is -2.27. The molecule has 2 aromatic heterocycles. The van der Waals surface area contributed by atoms with Crippen LogP contribution in [0.4, 0.5) is 0 Å². The molecule has 0 unspecified atom stereocenters. The van der Waals surface area contributed by atoms with Gasteiger partial charge in [0.15, 0.2) is 0 Å². The number of aromatic carboxylic acids is 1. The van der Waals surface area contributed by atoms with Crippen LogP contribution in [-0.4, -0.2) is 72.6 Å². The van der Waals surface area contributed by atoms with Crippen molar-refractivity contribution in [2.45, 2.75) is 59.5 Å². The molecule has 4 aromatic rings. The summed E-state index contributed by atoms with van der Waals surface area (Å²) in [4.78, 5) is 49.3. The molecule has 0 saturated carbocycles. The zero-order valence-corrected chi connectivity index (χ0v) is 32.3. The number of rotatable bonds is 9. The standard InChI is InChI=1S/C21H25NO5S.C19H21NO5S/c1-3-27-21(24)19-14-22(12-16-8-10-28(25,26)11-9-16)13-18(20(19)23)17-6-4-15(2)5-7-17;1-13-2-4-15(5-3-13)16-11-20(12-17(18(16)21)19(22)23)10-14-6-8-26(24,25)9-7-14/h4-7,13-14,16H,3,8-12H2,1-2H3;2-5,11-12,14H,6-10H2,1H3,(H,22,23). The molecule has 0 atom stereocenters. The molecule has 2 aliphatic heterocycles. The zero-order chi connectivity index (χ0) is 39.2. The first-order valence-corrected chi connectivity index (χ1v) is 21.6. The Bertz CT molecular complexity index is 2320. The number of carboxylic acids is 1. The van der Waals surface area contributed by atoms with Crippen LogP contribution in [0.1, 0.15) is 64.4 Å². The van der Waals surface area contributed by atoms with Gasteiger partial charge in [0.1, 0.15) is 30.8 Å². The average Bonchev–Trinajstić information content (AvgIpc) is 3.12. The first kappa shape index (κ1) is 40.4. The maximum Gasteiger partial charge on any atom is 0.343 e. The summed E-state index contributed by atoms with van der Waals surface area (Å²) in [6.07, 6.45) is 8.58. The Hall–Kier alpha value is -4.82. The molecule has 0 spiro atoms. The molecule has 0 radical (unpaired) electrons. The third-order valence-corrected chi connectivity index (χ3v) is 13.3. The maximum atomic E-state index is 12.9. The van der Waals surface area contributed by atoms with Gasteiger partial charge >= 0.3 is 11.9 Å². The van der Waals surface area contributed by atoms with E-state index in [-0.39, 0.29) is 58.0 Å². The third kappa shape index (κ3) is 10.4. The summed E-state index contributed by atoms with van der Waals surface area (Å²) in [5.41, 5.74) is 3.18. The molecule has 0 amide bonds. The number of sulfone groups is 2. The van der Waals surface area contributed by atoms with Crippen LogP contribution in [0.2, 0.25) is 0 Å². The van der Waals surface area contributed by atoms with E-state index in [2.05, 4.69) is 0 Å². The third-order valence-electron chi connectivity index (χ3n) is 9.90. The number of carboxylic acid groups (broad SMARTS) is 1. The summed E-state index contributed by atoms with van der Waals surface area (Å²) in [6, 6.07) is 14.9. The van der Waals surface area contributed by atoms with Crippen molar-refractivity contribution in [1.29, 1.82) is 0 Å². The lowest BCUT2D eigenvalue weighted by molar-refractivity contribution is 0.0523. The molecule has 288 valence electrons. The number of ether oxygens (including phenoxy) is 1. The van der Waals surface area contributed by atoms with Gasteiger partial charge in [-0.25, -0.2) is 26.4 Å². The van der Waals surface area contributed by atoms with Gasteiger partial charge in [-0.3, -0.25) is 9.59 Å². The zero-order valence-electron chi connectivity index (χ0n) is 30.7. The van der Waals surface area contributed by atoms with Gasteiger partial charge in [-0.15, -0.1) is 0 Å². The summed E-state index contributed by atoms with van der Waals surface area (Å²) in [5, 5.41) is 9.39. The molecule has 54 heavy (non-hydrogen) atoms. The average molecular weight is 779 g/mol. The van der Waals surface area contributed by atoms with Crippen molar-refractivity contribution in [3.05, 3.63) is 116 Å². The summed E-state index contributed by atoms with van der Waals surface area (Å²) >= 11 is 0. The van der Waals surface area contributed by atoms with Crippen molar-refractivity contribution in [2.24, 2.45) is 11.8 Å². The molecule has 0 aliphatic carbocycles. The van der Waals surface area contributed by atoms with Crippen LogP contribution in [-0.2, 0) is 37.5 Å². The number of aryl methyl sites for hydroxylation is 2. The summed E-state index contributed by atoms with van der Waals surface area (Å²) in [7, 11) is -5.88. The van der Waals surface area contributed by atoms with Crippen molar-refractivity contribution >= 4 is 31.6 Å². The van der Waals surface area contributed by atoms with E-state index < -0.39 is 37.0 Å². The van der Waals surface area contributed by atoms with Gasteiger partial charge in [0, 0.05) is 49.0 Å². The largest absolute Gasteiger partial charge is 0.477 e. The van der Waals surface area contributed by atoms with Gasteiger partial charge in [0.05, 0.1) is 29.6 Å². The van der Waals surface area contributed by atoms with E-state index in [1.54, 1.807) is 36.0 Å². The number of nitrogens with zero attached hydrogens (tertiary/aromatic N) is 2. The monoisotopic (exact) mass is 778 g/mol. The second kappa shape index (κ2) is 17.1. The van der Waals surface area contributed by atoms with Crippen LogP contribution >= 0.6 is 0 Å². The molecule has 0 bridgehead atoms. The number of pyridine rings is 2. The van der Waals surface area contributed by atoms with Gasteiger partial charge in [-0.05, 0) is 69.4 Å². The van der Waals surface area contributed by atoms with Gasteiger partial charge < -0.3 is 19.0 Å². The van der Waals surface area contributed by atoms with Gasteiger partial charge in [-0.1, -0.05) is 59.7 Å². The second-order valence-electron chi connectivity index (χ2n) is 14.2. The van der Waals surface area contributed by atoms with E-state index in [1.807, 2.05) is 54.8 Å². The highest BCUT2D eigenvalue weighted by atomic mass is 32.2. The second-order valence-corrected chi connectivity index (χ2v) is 18.8. The molecular weight excluding hydrogens is 733 g/mol. The minimum atomic E-state index is -2.94. The fourth-order valence-electron chi connectivity index (χ4n) is 6.70. The van der Waals surface area contributed by atoms with Gasteiger partial charge in [-0.2, -0.15) is 0 Å². The van der Waals surface area contributed by atoms with Crippen molar-refractivity contribution < 1.29 is 36.3 Å². The molecule has 2 aliphatic rings. The van der Waals surface area contributed by atoms with Crippen molar-refractivity contribution in [3.8, 4) is 22.3 Å². The van der Waals surface area contributed by atoms with Crippen molar-refractivity contribution in [1.82, 2.24) is 9.13 Å². The highest BCUT2D eigenvalue weighted by Crippen LogP contribution is 2.24. The normalized spacial score (nSPS) is 16.9. The lowest BCUT2D eigenvalue weighted by Gasteiger charge is -2.23. The number of esters is 1. The molecule has 6 rings (SSSR count). The van der Waals surface area contributed by atoms with E-state index in [1.165, 1.54) is 12.4 Å². The van der Waals surface area contributed by atoms with Crippen LogP contribution in [0.25, 0.3) is 22.3 Å². The van der Waals surface area contributed by atoms with Gasteiger partial charge in [0.25, 0.3) is 0 Å². The molecule has 14 heteroatoms. The number of benzene rings is 2. The topological polar surface area (TPSA) is 176 Å². The van der Waals surface area contributed by atoms with E-state index >= 15 is 0 Å². The Morgan fingerprint density at radius 2 is 1.02 bits per heavy atom. The van der Waals surface area contributed by atoms with Crippen LogP contribution in [0, 0.1) is 25.7 Å². The SMILES string of the molecule is CCOC(=O)c1cn(CC2CCS(=O)(=O)CC2)cc(-c2ccc(C)cc2)c1=O.Cc1ccc(-c2cn(CC3CCS(=O)(=O)CC3)cc(C(=O)O)c2=O)cc1. The van der Waals surface area contributed by atoms with Crippen LogP contribution in [0.15, 0.2) is 82.9 Å². The number of hydrogen-bond acceptors (Lipinski definition) is 9. The number of carbonyl (C=O) groups excluding carboxylic acids is 1. The van der Waals surface area contributed by atoms with Crippen molar-refractivity contribution in [3.63, 3.8) is 0 Å². The fourth-order valence-corrected chi connectivity index (χ4v) is 9.87. The summed E-state index contributed by atoms with van der Waals surface area (Å²) in [5.74, 6) is -0.866. The first-order valence-electron chi connectivity index (χ1n) is 18.0. The predicted molar refractivity (Wildman–Crippen MR) is 207 cm³/mol. The van der Waals surface area contributed by atoms with Crippen LogP contribution in [0.3, 0.4) is 0 Å². The Morgan fingerprint density at radius 3 is 1.39 bits per heavy atom. The van der Waals surface area contributed by atoms with E-state index in [4.69, 9.17) is 4.74 Å². The van der Waals surface area contributed by atoms with Crippen LogP contribution < -0.4 is 10.9 Å². The van der Waals surface area contributed by atoms with E-state index in [0.29, 0.717) is 55.5 Å². The highest BCUT2D eigenvalue weighted by molar-refractivity contribution is 7.91. The highest BCUT2D eigenvalue weighted by Gasteiger charge is 2.26. The molecule has 2 aromatic carbocycles. The molecular formula is C40H46N2O10S2. The lowest BCUT2D eigenvalue weighted by atomic mass is 10.0. The molecule has 2 saturated heterocycles. The Labute approximate surface area is 315 Å². The van der Waals surface area contributed by atoms with E-state index in [0.717, 1.165) is 16.7 Å². The molecule has 1 N–H and O–H groups in total. The Kier molecular flexibility index (Phi) is 12.8.